The number of nitrogens with one attached hydrogen (secondary N) is 1. The summed E-state index contributed by atoms with van der Waals surface area (Å²) < 4.78 is 7.39. The largest absolute Gasteiger partial charge is 0.461 e. The van der Waals surface area contributed by atoms with Crippen molar-refractivity contribution < 1.29 is 9.21 Å². The Morgan fingerprint density at radius 3 is 3.00 bits per heavy atom. The minimum atomic E-state index is 0.0998. The van der Waals surface area contributed by atoms with Crippen LogP contribution in [0.1, 0.15) is 32.6 Å². The third kappa shape index (κ3) is 2.97. The van der Waals surface area contributed by atoms with Crippen LogP contribution in [0, 0.1) is 11.8 Å². The lowest BCUT2D eigenvalue weighted by Crippen LogP contribution is -2.39. The molecule has 7 heteroatoms. The molecule has 0 radical (unpaired) electrons. The zero-order valence-corrected chi connectivity index (χ0v) is 14.6. The summed E-state index contributed by atoms with van der Waals surface area (Å²) in [5, 5.41) is 12.4. The molecule has 1 amide bonds. The van der Waals surface area contributed by atoms with Crippen LogP contribution in [0.5, 0.6) is 0 Å². The van der Waals surface area contributed by atoms with E-state index >= 15 is 0 Å². The Bertz CT molecular complexity index is 712. The highest BCUT2D eigenvalue weighted by molar-refractivity contribution is 7.99. The van der Waals surface area contributed by atoms with Crippen LogP contribution in [0.4, 0.5) is 0 Å². The van der Waals surface area contributed by atoms with Crippen LogP contribution in [0.3, 0.4) is 0 Å². The SMILES string of the molecule is CCn1c(SCC(=O)N[C@H]2C[C@H]3CC[C@H]2C3)nnc1-c1ccco1. The molecule has 2 fully saturated rings. The van der Waals surface area contributed by atoms with Gasteiger partial charge >= 0.3 is 0 Å². The molecular weight excluding hydrogens is 324 g/mol. The van der Waals surface area contributed by atoms with Gasteiger partial charge in [0.25, 0.3) is 0 Å². The van der Waals surface area contributed by atoms with E-state index in [1.54, 1.807) is 6.26 Å². The van der Waals surface area contributed by atoms with Gasteiger partial charge in [-0.1, -0.05) is 18.2 Å². The Labute approximate surface area is 145 Å². The van der Waals surface area contributed by atoms with E-state index in [1.807, 2.05) is 23.6 Å². The first-order valence-corrected chi connectivity index (χ1v) is 9.62. The van der Waals surface area contributed by atoms with Gasteiger partial charge in [-0.2, -0.15) is 0 Å². The summed E-state index contributed by atoms with van der Waals surface area (Å²) in [6.07, 6.45) is 6.71. The number of thioether (sulfide) groups is 1. The van der Waals surface area contributed by atoms with Crippen LogP contribution in [-0.2, 0) is 11.3 Å². The highest BCUT2D eigenvalue weighted by Crippen LogP contribution is 2.44. The van der Waals surface area contributed by atoms with Crippen LogP contribution < -0.4 is 5.32 Å². The molecule has 0 unspecified atom stereocenters. The maximum atomic E-state index is 12.3. The van der Waals surface area contributed by atoms with Gasteiger partial charge in [-0.05, 0) is 50.2 Å². The van der Waals surface area contributed by atoms with Crippen molar-refractivity contribution in [2.45, 2.75) is 50.4 Å². The minimum Gasteiger partial charge on any atom is -0.461 e. The second-order valence-electron chi connectivity index (χ2n) is 6.67. The molecule has 3 atom stereocenters. The summed E-state index contributed by atoms with van der Waals surface area (Å²) in [7, 11) is 0. The zero-order valence-electron chi connectivity index (χ0n) is 13.8. The third-order valence-corrected chi connectivity index (χ3v) is 6.16. The first-order valence-electron chi connectivity index (χ1n) is 8.63. The number of rotatable bonds is 6. The number of carbonyl (C=O) groups excluding carboxylic acids is 1. The van der Waals surface area contributed by atoms with Crippen LogP contribution in [0.2, 0.25) is 0 Å². The molecule has 0 spiro atoms. The molecule has 2 aliphatic rings. The number of amides is 1. The first-order chi connectivity index (χ1) is 11.7. The maximum absolute atomic E-state index is 12.3. The van der Waals surface area contributed by atoms with Crippen LogP contribution >= 0.6 is 11.8 Å². The number of hydrogen-bond acceptors (Lipinski definition) is 5. The molecule has 2 bridgehead atoms. The van der Waals surface area contributed by atoms with E-state index in [0.29, 0.717) is 29.3 Å². The zero-order chi connectivity index (χ0) is 16.5. The lowest BCUT2D eigenvalue weighted by atomic mass is 9.95. The highest BCUT2D eigenvalue weighted by atomic mass is 32.2. The number of furan rings is 1. The number of carbonyl (C=O) groups is 1. The molecular formula is C17H22N4O2S. The van der Waals surface area contributed by atoms with Crippen LogP contribution in [0.25, 0.3) is 11.6 Å². The van der Waals surface area contributed by atoms with Gasteiger partial charge in [-0.15, -0.1) is 10.2 Å². The van der Waals surface area contributed by atoms with Crippen molar-refractivity contribution in [3.8, 4) is 11.6 Å². The Kier molecular flexibility index (Phi) is 4.35. The summed E-state index contributed by atoms with van der Waals surface area (Å²) >= 11 is 1.44. The van der Waals surface area contributed by atoms with Gasteiger partial charge in [-0.3, -0.25) is 9.36 Å². The summed E-state index contributed by atoms with van der Waals surface area (Å²) in [4.78, 5) is 12.3. The molecule has 2 aromatic heterocycles. The lowest BCUT2D eigenvalue weighted by Gasteiger charge is -2.22. The molecule has 2 saturated carbocycles. The molecule has 6 nitrogen and oxygen atoms in total. The molecule has 2 aromatic rings. The van der Waals surface area contributed by atoms with Crippen molar-refractivity contribution in [2.75, 3.05) is 5.75 Å². The Morgan fingerprint density at radius 1 is 1.42 bits per heavy atom. The predicted octanol–water partition coefficient (Wildman–Crippen LogP) is 2.95. The molecule has 128 valence electrons. The predicted molar refractivity (Wildman–Crippen MR) is 91.5 cm³/mol. The van der Waals surface area contributed by atoms with E-state index < -0.39 is 0 Å². The maximum Gasteiger partial charge on any atom is 0.230 e. The highest BCUT2D eigenvalue weighted by Gasteiger charge is 2.40. The smallest absolute Gasteiger partial charge is 0.230 e. The van der Waals surface area contributed by atoms with Crippen molar-refractivity contribution in [2.24, 2.45) is 11.8 Å². The van der Waals surface area contributed by atoms with Gasteiger partial charge < -0.3 is 9.73 Å². The molecule has 1 N–H and O–H groups in total. The standard InChI is InChI=1S/C17H22N4O2S/c1-2-21-16(14-4-3-7-23-14)19-20-17(21)24-10-15(22)18-13-9-11-5-6-12(13)8-11/h3-4,7,11-13H,2,5-6,8-10H2,1H3,(H,18,22)/t11-,12-,13-/m0/s1. The monoisotopic (exact) mass is 346 g/mol. The van der Waals surface area contributed by atoms with Crippen molar-refractivity contribution in [3.63, 3.8) is 0 Å². The van der Waals surface area contributed by atoms with Gasteiger partial charge in [0.05, 0.1) is 12.0 Å². The number of hydrogen-bond donors (Lipinski definition) is 1. The minimum absolute atomic E-state index is 0.0998. The molecule has 2 heterocycles. The van der Waals surface area contributed by atoms with E-state index in [1.165, 1.54) is 31.0 Å². The number of aromatic nitrogens is 3. The van der Waals surface area contributed by atoms with E-state index in [0.717, 1.165) is 24.0 Å². The summed E-state index contributed by atoms with van der Waals surface area (Å²) in [5.41, 5.74) is 0. The third-order valence-electron chi connectivity index (χ3n) is 5.19. The second kappa shape index (κ2) is 6.63. The fourth-order valence-electron chi connectivity index (χ4n) is 4.07. The average molecular weight is 346 g/mol. The fourth-order valence-corrected chi connectivity index (χ4v) is 4.88. The summed E-state index contributed by atoms with van der Waals surface area (Å²) in [5.74, 6) is 3.43. The Balaban J connectivity index is 1.36. The van der Waals surface area contributed by atoms with E-state index in [-0.39, 0.29) is 5.91 Å². The molecule has 24 heavy (non-hydrogen) atoms. The molecule has 0 saturated heterocycles. The van der Waals surface area contributed by atoms with Crippen molar-refractivity contribution >= 4 is 17.7 Å². The van der Waals surface area contributed by atoms with Gasteiger partial charge in [0.2, 0.25) is 5.91 Å². The van der Waals surface area contributed by atoms with Crippen molar-refractivity contribution in [3.05, 3.63) is 18.4 Å². The molecule has 0 aromatic carbocycles. The van der Waals surface area contributed by atoms with Gasteiger partial charge in [-0.25, -0.2) is 0 Å². The lowest BCUT2D eigenvalue weighted by molar-refractivity contribution is -0.119. The van der Waals surface area contributed by atoms with Gasteiger partial charge in [0.1, 0.15) is 0 Å². The summed E-state index contributed by atoms with van der Waals surface area (Å²) in [6, 6.07) is 4.09. The van der Waals surface area contributed by atoms with Crippen molar-refractivity contribution in [1.82, 2.24) is 20.1 Å². The topological polar surface area (TPSA) is 73.0 Å². The number of fused-ring (bicyclic) bond motifs is 2. The van der Waals surface area contributed by atoms with Gasteiger partial charge in [0, 0.05) is 12.6 Å². The van der Waals surface area contributed by atoms with Crippen LogP contribution in [-0.4, -0.2) is 32.5 Å². The average Bonchev–Trinajstić information content (AvgIpc) is 3.34. The summed E-state index contributed by atoms with van der Waals surface area (Å²) in [6.45, 7) is 2.77. The van der Waals surface area contributed by atoms with Crippen molar-refractivity contribution in [1.29, 1.82) is 0 Å². The first kappa shape index (κ1) is 15.7. The normalized spacial score (nSPS) is 25.3. The fraction of sp³-hybridized carbons (Fsp3) is 0.588. The quantitative estimate of drug-likeness (QED) is 0.814. The van der Waals surface area contributed by atoms with E-state index in [4.69, 9.17) is 4.42 Å². The van der Waals surface area contributed by atoms with Crippen LogP contribution in [0.15, 0.2) is 28.0 Å². The van der Waals surface area contributed by atoms with Gasteiger partial charge in [0.15, 0.2) is 16.7 Å². The Morgan fingerprint density at radius 2 is 2.33 bits per heavy atom. The van der Waals surface area contributed by atoms with E-state index in [9.17, 15) is 4.79 Å². The molecule has 0 aliphatic heterocycles. The van der Waals surface area contributed by atoms with E-state index in [2.05, 4.69) is 15.5 Å². The molecule has 4 rings (SSSR count). The number of nitrogens with zero attached hydrogens (tertiary/aromatic N) is 3. The second-order valence-corrected chi connectivity index (χ2v) is 7.61. The Hall–Kier alpha value is -1.76. The molecule has 2 aliphatic carbocycles.